The maximum atomic E-state index is 12.2. The molecule has 0 aliphatic carbocycles. The molecule has 1 heterocycles. The first-order chi connectivity index (χ1) is 9.49. The summed E-state index contributed by atoms with van der Waals surface area (Å²) in [6.07, 6.45) is -1.13. The van der Waals surface area contributed by atoms with Gasteiger partial charge in [0.1, 0.15) is 12.4 Å². The molecule has 0 fully saturated rings. The molecule has 1 unspecified atom stereocenters. The van der Waals surface area contributed by atoms with Crippen LogP contribution in [0.2, 0.25) is 0 Å². The van der Waals surface area contributed by atoms with Crippen molar-refractivity contribution in [2.45, 2.75) is 26.1 Å². The Labute approximate surface area is 116 Å². The van der Waals surface area contributed by atoms with Crippen LogP contribution >= 0.6 is 0 Å². The summed E-state index contributed by atoms with van der Waals surface area (Å²) >= 11 is 0. The Morgan fingerprint density at radius 1 is 1.45 bits per heavy atom. The summed E-state index contributed by atoms with van der Waals surface area (Å²) in [5.74, 6) is -0.980. The van der Waals surface area contributed by atoms with Crippen LogP contribution < -0.4 is 9.64 Å². The minimum Gasteiger partial charge on any atom is -0.478 e. The third kappa shape index (κ3) is 3.08. The van der Waals surface area contributed by atoms with Gasteiger partial charge < -0.3 is 19.5 Å². The van der Waals surface area contributed by atoms with E-state index in [-0.39, 0.29) is 25.2 Å². The highest BCUT2D eigenvalue weighted by Crippen LogP contribution is 2.33. The number of aliphatic carboxylic acids is 1. The predicted molar refractivity (Wildman–Crippen MR) is 71.9 cm³/mol. The van der Waals surface area contributed by atoms with Gasteiger partial charge in [-0.05, 0) is 26.0 Å². The number of carboxylic acids is 1. The van der Waals surface area contributed by atoms with E-state index in [9.17, 15) is 9.59 Å². The molecule has 1 aliphatic heterocycles. The highest BCUT2D eigenvalue weighted by molar-refractivity contribution is 5.97. The fourth-order valence-electron chi connectivity index (χ4n) is 1.92. The number of amides is 1. The maximum Gasteiger partial charge on any atom is 0.346 e. The molecular formula is C14H17NO5. The van der Waals surface area contributed by atoms with Gasteiger partial charge in [-0.3, -0.25) is 4.79 Å². The van der Waals surface area contributed by atoms with Crippen LogP contribution in [-0.4, -0.2) is 42.3 Å². The lowest BCUT2D eigenvalue weighted by atomic mass is 10.2. The average molecular weight is 279 g/mol. The predicted octanol–water partition coefficient (Wildman–Crippen LogP) is 1.29. The Hall–Kier alpha value is -2.08. The highest BCUT2D eigenvalue weighted by Gasteiger charge is 2.33. The van der Waals surface area contributed by atoms with Gasteiger partial charge in [0, 0.05) is 0 Å². The second-order valence-electron chi connectivity index (χ2n) is 4.78. The molecule has 20 heavy (non-hydrogen) atoms. The zero-order valence-electron chi connectivity index (χ0n) is 11.4. The number of hydrogen-bond acceptors (Lipinski definition) is 4. The summed E-state index contributed by atoms with van der Waals surface area (Å²) in [4.78, 5) is 24.7. The van der Waals surface area contributed by atoms with Crippen molar-refractivity contribution < 1.29 is 24.2 Å². The number of fused-ring (bicyclic) bond motifs is 1. The summed E-state index contributed by atoms with van der Waals surface area (Å²) < 4.78 is 10.7. The van der Waals surface area contributed by atoms with Gasteiger partial charge in [0.2, 0.25) is 6.10 Å². The molecule has 1 atom stereocenters. The lowest BCUT2D eigenvalue weighted by molar-refractivity contribution is -0.145. The molecule has 1 aliphatic rings. The minimum atomic E-state index is -1.10. The SMILES string of the molecule is CC(C)OCC(=O)N1CC(C(=O)O)Oc2ccccc21. The molecule has 0 aromatic heterocycles. The van der Waals surface area contributed by atoms with Gasteiger partial charge in [-0.2, -0.15) is 0 Å². The van der Waals surface area contributed by atoms with Gasteiger partial charge >= 0.3 is 5.97 Å². The molecule has 0 saturated heterocycles. The van der Waals surface area contributed by atoms with Gasteiger partial charge in [-0.15, -0.1) is 0 Å². The van der Waals surface area contributed by atoms with Crippen molar-refractivity contribution in [2.75, 3.05) is 18.1 Å². The second-order valence-corrected chi connectivity index (χ2v) is 4.78. The smallest absolute Gasteiger partial charge is 0.346 e. The van der Waals surface area contributed by atoms with E-state index in [1.54, 1.807) is 24.3 Å². The van der Waals surface area contributed by atoms with Gasteiger partial charge in [0.25, 0.3) is 5.91 Å². The molecule has 1 aromatic rings. The Morgan fingerprint density at radius 3 is 2.80 bits per heavy atom. The van der Waals surface area contributed by atoms with Crippen LogP contribution in [0.1, 0.15) is 13.8 Å². The zero-order valence-corrected chi connectivity index (χ0v) is 11.4. The van der Waals surface area contributed by atoms with Gasteiger partial charge in [-0.1, -0.05) is 12.1 Å². The van der Waals surface area contributed by atoms with Crippen molar-refractivity contribution >= 4 is 17.6 Å². The third-order valence-corrected chi connectivity index (χ3v) is 2.89. The average Bonchev–Trinajstić information content (AvgIpc) is 2.43. The number of para-hydroxylation sites is 2. The number of nitrogens with zero attached hydrogens (tertiary/aromatic N) is 1. The van der Waals surface area contributed by atoms with Gasteiger partial charge in [-0.25, -0.2) is 4.79 Å². The minimum absolute atomic E-state index is 0.0212. The Balaban J connectivity index is 2.22. The molecule has 6 heteroatoms. The van der Waals surface area contributed by atoms with Crippen LogP contribution in [0.4, 0.5) is 5.69 Å². The normalized spacial score (nSPS) is 17.6. The molecule has 0 spiro atoms. The number of carbonyl (C=O) groups excluding carboxylic acids is 1. The Bertz CT molecular complexity index is 514. The second kappa shape index (κ2) is 5.92. The maximum absolute atomic E-state index is 12.2. The van der Waals surface area contributed by atoms with E-state index >= 15 is 0 Å². The van der Waals surface area contributed by atoms with Gasteiger partial charge in [0.05, 0.1) is 18.3 Å². The van der Waals surface area contributed by atoms with Crippen molar-refractivity contribution in [3.05, 3.63) is 24.3 Å². The molecular weight excluding hydrogens is 262 g/mol. The molecule has 0 saturated carbocycles. The van der Waals surface area contributed by atoms with Crippen LogP contribution in [0.3, 0.4) is 0 Å². The zero-order chi connectivity index (χ0) is 14.7. The lowest BCUT2D eigenvalue weighted by Gasteiger charge is -2.33. The van der Waals surface area contributed by atoms with E-state index < -0.39 is 12.1 Å². The van der Waals surface area contributed by atoms with Crippen LogP contribution in [0.25, 0.3) is 0 Å². The van der Waals surface area contributed by atoms with Crippen LogP contribution in [0, 0.1) is 0 Å². The third-order valence-electron chi connectivity index (χ3n) is 2.89. The lowest BCUT2D eigenvalue weighted by Crippen LogP contribution is -2.48. The first-order valence-corrected chi connectivity index (χ1v) is 6.39. The standard InChI is InChI=1S/C14H17NO5/c1-9(2)19-8-13(16)15-7-12(14(17)18)20-11-6-4-3-5-10(11)15/h3-6,9,12H,7-8H2,1-2H3,(H,17,18). The van der Waals surface area contributed by atoms with Crippen molar-refractivity contribution in [1.82, 2.24) is 0 Å². The highest BCUT2D eigenvalue weighted by atomic mass is 16.5. The van der Waals surface area contributed by atoms with Crippen LogP contribution in [-0.2, 0) is 14.3 Å². The molecule has 108 valence electrons. The summed E-state index contributed by atoms with van der Waals surface area (Å²) in [5.41, 5.74) is 0.572. The quantitative estimate of drug-likeness (QED) is 0.898. The van der Waals surface area contributed by atoms with Crippen LogP contribution in [0.15, 0.2) is 24.3 Å². The van der Waals surface area contributed by atoms with Gasteiger partial charge in [0.15, 0.2) is 0 Å². The van der Waals surface area contributed by atoms with E-state index in [4.69, 9.17) is 14.6 Å². The Morgan fingerprint density at radius 2 is 2.15 bits per heavy atom. The molecule has 6 nitrogen and oxygen atoms in total. The molecule has 2 rings (SSSR count). The van der Waals surface area contributed by atoms with Crippen molar-refractivity contribution in [1.29, 1.82) is 0 Å². The van der Waals surface area contributed by atoms with E-state index in [0.717, 1.165) is 0 Å². The van der Waals surface area contributed by atoms with Crippen molar-refractivity contribution in [3.63, 3.8) is 0 Å². The number of ether oxygens (including phenoxy) is 2. The monoisotopic (exact) mass is 279 g/mol. The number of carbonyl (C=O) groups is 2. The summed E-state index contributed by atoms with van der Waals surface area (Å²) in [6.45, 7) is 3.56. The number of carboxylic acid groups (broad SMARTS) is 1. The Kier molecular flexibility index (Phi) is 4.24. The number of anilines is 1. The van der Waals surface area contributed by atoms with E-state index in [1.165, 1.54) is 4.90 Å². The molecule has 0 radical (unpaired) electrons. The molecule has 1 N–H and O–H groups in total. The number of rotatable bonds is 4. The first-order valence-electron chi connectivity index (χ1n) is 6.39. The largest absolute Gasteiger partial charge is 0.478 e. The number of hydrogen-bond donors (Lipinski definition) is 1. The summed E-state index contributed by atoms with van der Waals surface area (Å²) in [7, 11) is 0. The van der Waals surface area contributed by atoms with E-state index in [2.05, 4.69) is 0 Å². The van der Waals surface area contributed by atoms with E-state index in [0.29, 0.717) is 11.4 Å². The molecule has 1 aromatic carbocycles. The van der Waals surface area contributed by atoms with Crippen molar-refractivity contribution in [3.8, 4) is 5.75 Å². The molecule has 0 bridgehead atoms. The fraction of sp³-hybridized carbons (Fsp3) is 0.429. The topological polar surface area (TPSA) is 76.1 Å². The first kappa shape index (κ1) is 14.3. The summed E-state index contributed by atoms with van der Waals surface area (Å²) in [6, 6.07) is 6.87. The van der Waals surface area contributed by atoms with Crippen LogP contribution in [0.5, 0.6) is 5.75 Å². The number of benzene rings is 1. The fourth-order valence-corrected chi connectivity index (χ4v) is 1.92. The van der Waals surface area contributed by atoms with Crippen molar-refractivity contribution in [2.24, 2.45) is 0 Å². The van der Waals surface area contributed by atoms with E-state index in [1.807, 2.05) is 13.8 Å². The molecule has 1 amide bonds. The summed E-state index contributed by atoms with van der Waals surface area (Å²) in [5, 5.41) is 9.09.